The molecule has 0 radical (unpaired) electrons. The van der Waals surface area contributed by atoms with E-state index in [0.29, 0.717) is 92.7 Å². The molecule has 3 aromatic carbocycles. The number of aromatic nitrogens is 3. The van der Waals surface area contributed by atoms with Crippen LogP contribution in [-0.4, -0.2) is 88.0 Å². The first-order valence-corrected chi connectivity index (χ1v) is 21.5. The number of ether oxygens (including phenoxy) is 6. The van der Waals surface area contributed by atoms with Gasteiger partial charge in [0.05, 0.1) is 19.8 Å². The number of amides is 2. The fourth-order valence-corrected chi connectivity index (χ4v) is 6.97. The minimum Gasteiger partial charge on any atom is -0.493 e. The minimum atomic E-state index is -0.835. The van der Waals surface area contributed by atoms with Crippen LogP contribution in [0.3, 0.4) is 0 Å². The van der Waals surface area contributed by atoms with Gasteiger partial charge in [0.2, 0.25) is 17.6 Å². The lowest BCUT2D eigenvalue weighted by Crippen LogP contribution is -2.41. The number of carboxylic acid groups (broad SMARTS) is 1. The van der Waals surface area contributed by atoms with Crippen LogP contribution in [-0.2, 0) is 6.42 Å². The topological polar surface area (TPSA) is 155 Å². The molecule has 64 heavy (non-hydrogen) atoms. The molecule has 0 spiro atoms. The number of hydrogen-bond donors (Lipinski definition) is 1. The quantitative estimate of drug-likeness (QED) is 0.104. The van der Waals surface area contributed by atoms with Crippen LogP contribution in [0.4, 0.5) is 9.59 Å². The third-order valence-electron chi connectivity index (χ3n) is 10.8. The number of likely N-dealkylation sites (tertiary alicyclic amines) is 2. The summed E-state index contributed by atoms with van der Waals surface area (Å²) in [7, 11) is 0. The van der Waals surface area contributed by atoms with Crippen molar-refractivity contribution < 1.29 is 43.1 Å². The molecule has 14 heteroatoms. The predicted octanol–water partition coefficient (Wildman–Crippen LogP) is 10.1. The third kappa shape index (κ3) is 14.4. The smallest absolute Gasteiger partial charge is 0.415 e. The molecule has 5 heterocycles. The van der Waals surface area contributed by atoms with Crippen LogP contribution in [0.5, 0.6) is 46.4 Å². The molecule has 8 rings (SSSR count). The number of carbonyl (C=O) groups is 2. The van der Waals surface area contributed by atoms with Crippen LogP contribution in [0.25, 0.3) is 0 Å². The average Bonchev–Trinajstić information content (AvgIpc) is 3.33. The van der Waals surface area contributed by atoms with E-state index in [1.54, 1.807) is 23.5 Å². The summed E-state index contributed by atoms with van der Waals surface area (Å²) >= 11 is 0. The van der Waals surface area contributed by atoms with Crippen molar-refractivity contribution in [2.24, 2.45) is 11.8 Å². The molecule has 2 aliphatic rings. The maximum atomic E-state index is 12.7. The predicted molar refractivity (Wildman–Crippen MR) is 240 cm³/mol. The van der Waals surface area contributed by atoms with Crippen molar-refractivity contribution in [1.29, 1.82) is 0 Å². The Morgan fingerprint density at radius 3 is 1.56 bits per heavy atom. The van der Waals surface area contributed by atoms with Crippen molar-refractivity contribution in [3.05, 3.63) is 151 Å². The third-order valence-corrected chi connectivity index (χ3v) is 10.8. The molecule has 0 aliphatic carbocycles. The lowest BCUT2D eigenvalue weighted by Gasteiger charge is -2.31. The number of carbonyl (C=O) groups excluding carboxylic acids is 1. The van der Waals surface area contributed by atoms with Gasteiger partial charge >= 0.3 is 12.2 Å². The maximum Gasteiger partial charge on any atom is 0.415 e. The van der Waals surface area contributed by atoms with Gasteiger partial charge in [-0.15, -0.1) is 0 Å². The van der Waals surface area contributed by atoms with Gasteiger partial charge in [0.25, 0.3) is 0 Å². The summed E-state index contributed by atoms with van der Waals surface area (Å²) in [5.74, 6) is 6.02. The van der Waals surface area contributed by atoms with Crippen molar-refractivity contribution in [2.45, 2.75) is 39.0 Å². The lowest BCUT2D eigenvalue weighted by molar-refractivity contribution is 0.111. The number of benzene rings is 3. The molecule has 332 valence electrons. The number of aryl methyl sites for hydroxylation is 1. The minimum absolute atomic E-state index is 0.316. The first-order valence-electron chi connectivity index (χ1n) is 21.5. The number of nitrogens with zero attached hydrogens (tertiary/aromatic N) is 5. The summed E-state index contributed by atoms with van der Waals surface area (Å²) in [4.78, 5) is 39.3. The van der Waals surface area contributed by atoms with Crippen LogP contribution in [0, 0.1) is 18.8 Å². The second-order valence-corrected chi connectivity index (χ2v) is 15.5. The average molecular weight is 868 g/mol. The van der Waals surface area contributed by atoms with Crippen LogP contribution in [0.1, 0.15) is 36.8 Å². The van der Waals surface area contributed by atoms with Gasteiger partial charge in [0.15, 0.2) is 0 Å². The van der Waals surface area contributed by atoms with E-state index in [4.69, 9.17) is 33.5 Å². The van der Waals surface area contributed by atoms with Crippen LogP contribution in [0.15, 0.2) is 140 Å². The van der Waals surface area contributed by atoms with Gasteiger partial charge in [-0.3, -0.25) is 0 Å². The molecule has 0 saturated carbocycles. The Morgan fingerprint density at radius 1 is 0.562 bits per heavy atom. The molecule has 2 aliphatic heterocycles. The summed E-state index contributed by atoms with van der Waals surface area (Å²) in [6, 6.07) is 37.4. The summed E-state index contributed by atoms with van der Waals surface area (Å²) in [6.07, 6.45) is 8.17. The van der Waals surface area contributed by atoms with Gasteiger partial charge in [-0.1, -0.05) is 30.3 Å². The molecule has 14 nitrogen and oxygen atoms in total. The van der Waals surface area contributed by atoms with E-state index in [1.807, 2.05) is 128 Å². The van der Waals surface area contributed by atoms with Crippen LogP contribution < -0.4 is 28.4 Å². The summed E-state index contributed by atoms with van der Waals surface area (Å²) < 4.78 is 34.5. The highest BCUT2D eigenvalue weighted by atomic mass is 16.6. The number of rotatable bonds is 15. The van der Waals surface area contributed by atoms with E-state index in [0.717, 1.165) is 54.7 Å². The van der Waals surface area contributed by atoms with E-state index in [-0.39, 0.29) is 6.09 Å². The Balaban J connectivity index is 0.000000211. The molecule has 0 unspecified atom stereocenters. The molecule has 6 aromatic rings. The van der Waals surface area contributed by atoms with Crippen LogP contribution in [0.2, 0.25) is 0 Å². The zero-order valence-electron chi connectivity index (χ0n) is 35.9. The maximum absolute atomic E-state index is 12.7. The SMILES string of the molecule is Cc1ccc(Oc2ccc(OCC3CCN(C(=O)O)CC3)cc2)nc1.O=C(Oc1ccc(CCOc2ccccn2)cc1)N1CCC(COc2ccc(Oc3ccccn3)cc2)CC1. The second kappa shape index (κ2) is 23.2. The number of pyridine rings is 3. The molecule has 0 bridgehead atoms. The Kier molecular flexibility index (Phi) is 16.2. The second-order valence-electron chi connectivity index (χ2n) is 15.5. The monoisotopic (exact) mass is 867 g/mol. The summed E-state index contributed by atoms with van der Waals surface area (Å²) in [5.41, 5.74) is 2.19. The lowest BCUT2D eigenvalue weighted by atomic mass is 9.98. The normalized spacial score (nSPS) is 14.1. The van der Waals surface area contributed by atoms with Crippen molar-refractivity contribution in [3.8, 4) is 46.4 Å². The first kappa shape index (κ1) is 44.7. The van der Waals surface area contributed by atoms with Gasteiger partial charge in [-0.05, 0) is 128 Å². The largest absolute Gasteiger partial charge is 0.493 e. The molecule has 1 N–H and O–H groups in total. The fraction of sp³-hybridized carbons (Fsp3) is 0.300. The van der Waals surface area contributed by atoms with Gasteiger partial charge in [-0.25, -0.2) is 24.5 Å². The molecule has 2 amide bonds. The standard InChI is InChI=1S/C31H31N3O5.C19H22N2O4/c35-31(39-28-9-7-24(8-10-28)17-22-36-29-5-1-3-18-32-29)34-20-15-25(16-21-34)23-37-26-11-13-27(14-12-26)38-30-6-2-4-19-33-30;1-14-2-7-18(20-12-14)25-17-5-3-16(4-6-17)24-13-15-8-10-21(11-9-15)19(22)23/h1-14,18-19,25H,15-17,20-23H2;2-7,12,15H,8-11,13H2,1H3,(H,22,23). The Labute approximate surface area is 373 Å². The van der Waals surface area contributed by atoms with Gasteiger partial charge in [0.1, 0.15) is 28.7 Å². The van der Waals surface area contributed by atoms with Crippen molar-refractivity contribution in [2.75, 3.05) is 46.0 Å². The number of hydrogen-bond acceptors (Lipinski definition) is 11. The van der Waals surface area contributed by atoms with Crippen molar-refractivity contribution in [3.63, 3.8) is 0 Å². The van der Waals surface area contributed by atoms with Crippen molar-refractivity contribution in [1.82, 2.24) is 24.8 Å². The van der Waals surface area contributed by atoms with Crippen molar-refractivity contribution >= 4 is 12.2 Å². The van der Waals surface area contributed by atoms with E-state index in [1.165, 1.54) is 4.90 Å². The van der Waals surface area contributed by atoms with E-state index < -0.39 is 6.09 Å². The zero-order valence-corrected chi connectivity index (χ0v) is 35.9. The van der Waals surface area contributed by atoms with E-state index in [9.17, 15) is 9.59 Å². The highest BCUT2D eigenvalue weighted by Crippen LogP contribution is 2.27. The Morgan fingerprint density at radius 2 is 1.06 bits per heavy atom. The van der Waals surface area contributed by atoms with E-state index in [2.05, 4.69) is 15.0 Å². The summed E-state index contributed by atoms with van der Waals surface area (Å²) in [6.45, 7) is 6.18. The van der Waals surface area contributed by atoms with Gasteiger partial charge < -0.3 is 43.3 Å². The van der Waals surface area contributed by atoms with Crippen LogP contribution >= 0.6 is 0 Å². The fourth-order valence-electron chi connectivity index (χ4n) is 6.97. The Bertz CT molecular complexity index is 2300. The molecular formula is C50H53N5O9. The molecular weight excluding hydrogens is 815 g/mol. The highest BCUT2D eigenvalue weighted by molar-refractivity contribution is 5.70. The molecule has 2 fully saturated rings. The molecule has 3 aromatic heterocycles. The van der Waals surface area contributed by atoms with E-state index >= 15 is 0 Å². The Hall–Kier alpha value is -7.35. The molecule has 0 atom stereocenters. The van der Waals surface area contributed by atoms with Gasteiger partial charge in [-0.2, -0.15) is 0 Å². The molecule has 2 saturated heterocycles. The first-order chi connectivity index (χ1) is 31.3. The number of piperidine rings is 2. The highest BCUT2D eigenvalue weighted by Gasteiger charge is 2.25. The summed E-state index contributed by atoms with van der Waals surface area (Å²) in [5, 5.41) is 8.96. The zero-order chi connectivity index (χ0) is 44.4. The van der Waals surface area contributed by atoms with Gasteiger partial charge in [0, 0.05) is 69.4 Å².